The number of hydrogen-bond acceptors (Lipinski definition) is 4. The summed E-state index contributed by atoms with van der Waals surface area (Å²) in [6.45, 7) is 6.14. The molecule has 1 fully saturated rings. The molecule has 2 aliphatic heterocycles. The number of anilines is 1. The van der Waals surface area contributed by atoms with Crippen LogP contribution in [0.5, 0.6) is 0 Å². The molecule has 0 aromatic heterocycles. The van der Waals surface area contributed by atoms with E-state index in [-0.39, 0.29) is 17.7 Å². The summed E-state index contributed by atoms with van der Waals surface area (Å²) in [7, 11) is -1.58. The summed E-state index contributed by atoms with van der Waals surface area (Å²) in [5, 5.41) is 2.92. The second-order valence-electron chi connectivity index (χ2n) is 9.86. The van der Waals surface area contributed by atoms with E-state index in [1.165, 1.54) is 0 Å². The van der Waals surface area contributed by atoms with Crippen LogP contribution in [0.3, 0.4) is 0 Å². The van der Waals surface area contributed by atoms with Gasteiger partial charge in [-0.1, -0.05) is 35.9 Å². The molecular formula is C30H31N3O4S. The molecule has 3 aromatic carbocycles. The third-order valence-electron chi connectivity index (χ3n) is 7.17. The number of nitrogens with one attached hydrogen (secondary N) is 1. The fraction of sp³-hybridized carbons (Fsp3) is 0.300. The van der Waals surface area contributed by atoms with Crippen molar-refractivity contribution in [2.45, 2.75) is 49.4 Å². The van der Waals surface area contributed by atoms with E-state index < -0.39 is 10.8 Å². The molecule has 0 radical (unpaired) electrons. The smallest absolute Gasteiger partial charge is 0.259 e. The Labute approximate surface area is 225 Å². The van der Waals surface area contributed by atoms with E-state index >= 15 is 0 Å². The van der Waals surface area contributed by atoms with Gasteiger partial charge in [-0.2, -0.15) is 0 Å². The maximum atomic E-state index is 13.8. The van der Waals surface area contributed by atoms with Crippen molar-refractivity contribution in [1.29, 1.82) is 0 Å². The van der Waals surface area contributed by atoms with Crippen LogP contribution in [-0.2, 0) is 22.1 Å². The Balaban J connectivity index is 1.44. The number of likely N-dealkylation sites (tertiary alicyclic amines) is 1. The number of hydrogen-bond donors (Lipinski definition) is 1. The number of amides is 3. The Kier molecular flexibility index (Phi) is 7.42. The molecule has 0 spiro atoms. The number of fused-ring (bicyclic) bond motifs is 2. The number of carbonyl (C=O) groups is 3. The molecule has 3 amide bonds. The number of nitrogens with zero attached hydrogens (tertiary/aromatic N) is 2. The minimum Gasteiger partial charge on any atom is -0.352 e. The van der Waals surface area contributed by atoms with Crippen LogP contribution in [0.25, 0.3) is 0 Å². The fourth-order valence-corrected chi connectivity index (χ4v) is 6.36. The maximum Gasteiger partial charge on any atom is 0.259 e. The SMILES string of the molecule is Cc1ccc(C)c(CN2C(=O)c3ccccc3S(=O)c3ccc(C(=O)NCCCN4CCCC4=O)cc32)c1. The lowest BCUT2D eigenvalue weighted by atomic mass is 10.0. The number of rotatable bonds is 7. The second kappa shape index (κ2) is 10.9. The summed E-state index contributed by atoms with van der Waals surface area (Å²) < 4.78 is 13.6. The van der Waals surface area contributed by atoms with E-state index in [0.29, 0.717) is 59.1 Å². The molecule has 8 heteroatoms. The molecule has 5 rings (SSSR count). The molecule has 2 heterocycles. The first-order chi connectivity index (χ1) is 18.3. The van der Waals surface area contributed by atoms with Crippen molar-refractivity contribution in [1.82, 2.24) is 10.2 Å². The number of carbonyl (C=O) groups excluding carboxylic acids is 3. The highest BCUT2D eigenvalue weighted by atomic mass is 32.2. The van der Waals surface area contributed by atoms with Gasteiger partial charge in [0.1, 0.15) is 0 Å². The first-order valence-corrected chi connectivity index (χ1v) is 14.1. The molecule has 0 bridgehead atoms. The zero-order chi connectivity index (χ0) is 26.8. The molecule has 3 aromatic rings. The van der Waals surface area contributed by atoms with E-state index in [1.807, 2.05) is 30.9 Å². The largest absolute Gasteiger partial charge is 0.352 e. The summed E-state index contributed by atoms with van der Waals surface area (Å²) in [5.74, 6) is -0.349. The molecule has 0 aliphatic carbocycles. The van der Waals surface area contributed by atoms with Crippen molar-refractivity contribution < 1.29 is 18.6 Å². The zero-order valence-corrected chi connectivity index (χ0v) is 22.5. The molecule has 1 N–H and O–H groups in total. The first kappa shape index (κ1) is 25.9. The lowest BCUT2D eigenvalue weighted by molar-refractivity contribution is -0.127. The van der Waals surface area contributed by atoms with Crippen molar-refractivity contribution in [2.24, 2.45) is 0 Å². The lowest BCUT2D eigenvalue weighted by Gasteiger charge is -2.24. The molecule has 1 unspecified atom stereocenters. The van der Waals surface area contributed by atoms with Crippen molar-refractivity contribution in [3.05, 3.63) is 88.5 Å². The summed E-state index contributed by atoms with van der Waals surface area (Å²) in [5.41, 5.74) is 4.38. The predicted molar refractivity (Wildman–Crippen MR) is 147 cm³/mol. The molecule has 1 atom stereocenters. The average molecular weight is 530 g/mol. The van der Waals surface area contributed by atoms with Gasteiger partial charge in [0, 0.05) is 31.6 Å². The van der Waals surface area contributed by atoms with Gasteiger partial charge in [0.05, 0.1) is 38.4 Å². The molecule has 7 nitrogen and oxygen atoms in total. The van der Waals surface area contributed by atoms with E-state index in [9.17, 15) is 18.6 Å². The van der Waals surface area contributed by atoms with E-state index in [0.717, 1.165) is 29.7 Å². The summed E-state index contributed by atoms with van der Waals surface area (Å²) >= 11 is 0. The summed E-state index contributed by atoms with van der Waals surface area (Å²) in [6.07, 6.45) is 2.16. The first-order valence-electron chi connectivity index (χ1n) is 12.9. The van der Waals surface area contributed by atoms with Gasteiger partial charge in [-0.25, -0.2) is 4.21 Å². The minimum atomic E-state index is -1.58. The topological polar surface area (TPSA) is 86.8 Å². The highest BCUT2D eigenvalue weighted by Crippen LogP contribution is 2.36. The summed E-state index contributed by atoms with van der Waals surface area (Å²) in [6, 6.07) is 18.1. The molecule has 0 saturated carbocycles. The lowest BCUT2D eigenvalue weighted by Crippen LogP contribution is -2.32. The average Bonchev–Trinajstić information content (AvgIpc) is 3.31. The Bertz CT molecular complexity index is 1450. The van der Waals surface area contributed by atoms with Gasteiger partial charge in [0.15, 0.2) is 0 Å². The van der Waals surface area contributed by atoms with E-state index in [4.69, 9.17) is 0 Å². The van der Waals surface area contributed by atoms with Gasteiger partial charge in [-0.05, 0) is 68.1 Å². The third kappa shape index (κ3) is 5.13. The number of benzene rings is 3. The second-order valence-corrected chi connectivity index (χ2v) is 11.3. The van der Waals surface area contributed by atoms with Crippen LogP contribution in [0.2, 0.25) is 0 Å². The molecule has 38 heavy (non-hydrogen) atoms. The Morgan fingerprint density at radius 2 is 1.82 bits per heavy atom. The van der Waals surface area contributed by atoms with Gasteiger partial charge < -0.3 is 15.1 Å². The van der Waals surface area contributed by atoms with Gasteiger partial charge in [0.25, 0.3) is 11.8 Å². The van der Waals surface area contributed by atoms with E-state index in [2.05, 4.69) is 11.4 Å². The third-order valence-corrected chi connectivity index (χ3v) is 8.67. The molecule has 2 aliphatic rings. The van der Waals surface area contributed by atoms with Crippen molar-refractivity contribution in [3.63, 3.8) is 0 Å². The van der Waals surface area contributed by atoms with Crippen LogP contribution in [-0.4, -0.2) is 46.5 Å². The van der Waals surface area contributed by atoms with Crippen LogP contribution in [0, 0.1) is 13.8 Å². The minimum absolute atomic E-state index is 0.171. The molecule has 196 valence electrons. The van der Waals surface area contributed by atoms with Crippen LogP contribution in [0.15, 0.2) is 70.5 Å². The Morgan fingerprint density at radius 3 is 2.61 bits per heavy atom. The van der Waals surface area contributed by atoms with Crippen molar-refractivity contribution in [3.8, 4) is 0 Å². The Hall–Kier alpha value is -3.78. The van der Waals surface area contributed by atoms with Gasteiger partial charge in [-0.15, -0.1) is 0 Å². The van der Waals surface area contributed by atoms with Gasteiger partial charge in [0.2, 0.25) is 5.91 Å². The standard InChI is InChI=1S/C30H31N3O4S/c1-20-10-11-21(2)23(17-20)19-33-25-18-22(29(35)31-14-6-16-32-15-5-9-28(32)34)12-13-27(25)38(37)26-8-4-3-7-24(26)30(33)36/h3-4,7-8,10-13,17-18H,5-6,9,14-16,19H2,1-2H3,(H,31,35). The fourth-order valence-electron chi connectivity index (χ4n) is 5.02. The highest BCUT2D eigenvalue weighted by Gasteiger charge is 2.32. The summed E-state index contributed by atoms with van der Waals surface area (Å²) in [4.78, 5) is 43.1. The van der Waals surface area contributed by atoms with Crippen LogP contribution < -0.4 is 10.2 Å². The monoisotopic (exact) mass is 529 g/mol. The van der Waals surface area contributed by atoms with Crippen LogP contribution >= 0.6 is 0 Å². The zero-order valence-electron chi connectivity index (χ0n) is 21.7. The molecular weight excluding hydrogens is 498 g/mol. The van der Waals surface area contributed by atoms with E-state index in [1.54, 1.807) is 47.4 Å². The van der Waals surface area contributed by atoms with Crippen molar-refractivity contribution in [2.75, 3.05) is 24.5 Å². The number of aryl methyl sites for hydroxylation is 2. The van der Waals surface area contributed by atoms with Crippen molar-refractivity contribution >= 4 is 34.2 Å². The van der Waals surface area contributed by atoms with Crippen LogP contribution in [0.1, 0.15) is 56.7 Å². The Morgan fingerprint density at radius 1 is 1.00 bits per heavy atom. The van der Waals surface area contributed by atoms with Gasteiger partial charge in [-0.3, -0.25) is 14.4 Å². The maximum absolute atomic E-state index is 13.8. The quantitative estimate of drug-likeness (QED) is 0.461. The molecule has 1 saturated heterocycles. The van der Waals surface area contributed by atoms with Gasteiger partial charge >= 0.3 is 0 Å². The normalized spacial score (nSPS) is 16.7. The predicted octanol–water partition coefficient (Wildman–Crippen LogP) is 4.37. The highest BCUT2D eigenvalue weighted by molar-refractivity contribution is 7.85. The van der Waals surface area contributed by atoms with Crippen LogP contribution in [0.4, 0.5) is 5.69 Å².